The monoisotopic (exact) mass is 330 g/mol. The lowest BCUT2D eigenvalue weighted by atomic mass is 9.97. The molecule has 0 aromatic heterocycles. The highest BCUT2D eigenvalue weighted by atomic mass is 16.6. The van der Waals surface area contributed by atoms with Crippen LogP contribution in [-0.2, 0) is 25.5 Å². The Morgan fingerprint density at radius 1 is 0.917 bits per heavy atom. The third-order valence-corrected chi connectivity index (χ3v) is 3.69. The summed E-state index contributed by atoms with van der Waals surface area (Å²) in [6, 6.07) is 11.6. The van der Waals surface area contributed by atoms with E-state index in [1.165, 1.54) is 0 Å². The van der Waals surface area contributed by atoms with Crippen molar-refractivity contribution in [2.24, 2.45) is 5.92 Å². The van der Waals surface area contributed by atoms with Gasteiger partial charge < -0.3 is 14.2 Å². The number of rotatable bonds is 7. The second-order valence-corrected chi connectivity index (χ2v) is 5.31. The molecule has 0 aliphatic heterocycles. The Balaban J connectivity index is 2.25. The topological polar surface area (TPSA) is 61.8 Å². The summed E-state index contributed by atoms with van der Waals surface area (Å²) in [6.07, 6.45) is 0.250. The third kappa shape index (κ3) is 4.25. The molecule has 0 unspecified atom stereocenters. The molecule has 128 valence electrons. The van der Waals surface area contributed by atoms with E-state index >= 15 is 0 Å². The van der Waals surface area contributed by atoms with E-state index in [9.17, 15) is 9.59 Å². The van der Waals surface area contributed by atoms with Gasteiger partial charge in [-0.1, -0.05) is 24.3 Å². The van der Waals surface area contributed by atoms with Gasteiger partial charge in [0, 0.05) is 0 Å². The fourth-order valence-electron chi connectivity index (χ4n) is 2.51. The summed E-state index contributed by atoms with van der Waals surface area (Å²) >= 11 is 0. The second kappa shape index (κ2) is 8.34. The van der Waals surface area contributed by atoms with E-state index in [0.29, 0.717) is 0 Å². The van der Waals surface area contributed by atoms with E-state index in [4.69, 9.17) is 14.2 Å². The van der Waals surface area contributed by atoms with Crippen molar-refractivity contribution >= 4 is 22.7 Å². The van der Waals surface area contributed by atoms with Gasteiger partial charge in [0.1, 0.15) is 5.75 Å². The minimum Gasteiger partial charge on any atom is -0.497 e. The zero-order chi connectivity index (χ0) is 17.5. The first kappa shape index (κ1) is 17.8. The summed E-state index contributed by atoms with van der Waals surface area (Å²) in [4.78, 5) is 24.1. The van der Waals surface area contributed by atoms with Crippen LogP contribution in [-0.4, -0.2) is 32.3 Å². The van der Waals surface area contributed by atoms with Crippen LogP contribution in [0.4, 0.5) is 0 Å². The van der Waals surface area contributed by atoms with Gasteiger partial charge in [0.05, 0.1) is 20.3 Å². The first-order valence-electron chi connectivity index (χ1n) is 7.99. The molecule has 0 N–H and O–H groups in total. The van der Waals surface area contributed by atoms with Gasteiger partial charge in [0.15, 0.2) is 5.92 Å². The van der Waals surface area contributed by atoms with E-state index in [1.807, 2.05) is 36.4 Å². The number of ether oxygens (including phenoxy) is 3. The Hall–Kier alpha value is -2.56. The average Bonchev–Trinajstić information content (AvgIpc) is 2.59. The van der Waals surface area contributed by atoms with E-state index in [1.54, 1.807) is 21.0 Å². The molecule has 5 nitrogen and oxygen atoms in total. The molecule has 0 atom stereocenters. The van der Waals surface area contributed by atoms with Crippen molar-refractivity contribution in [3.63, 3.8) is 0 Å². The molecule has 0 saturated heterocycles. The van der Waals surface area contributed by atoms with E-state index < -0.39 is 17.9 Å². The summed E-state index contributed by atoms with van der Waals surface area (Å²) in [6.45, 7) is 3.88. The van der Waals surface area contributed by atoms with Gasteiger partial charge in [-0.05, 0) is 48.7 Å². The lowest BCUT2D eigenvalue weighted by Crippen LogP contribution is -2.30. The van der Waals surface area contributed by atoms with Crippen molar-refractivity contribution in [3.05, 3.63) is 42.0 Å². The van der Waals surface area contributed by atoms with Crippen LogP contribution in [0.25, 0.3) is 10.8 Å². The molecular weight excluding hydrogens is 308 g/mol. The lowest BCUT2D eigenvalue weighted by molar-refractivity contribution is -0.161. The Morgan fingerprint density at radius 2 is 1.50 bits per heavy atom. The number of carbonyl (C=O) groups is 2. The number of hydrogen-bond acceptors (Lipinski definition) is 5. The standard InChI is InChI=1S/C19H22O5/c1-4-23-18(20)17(19(21)24-5-2)11-13-6-7-15-12-16(22-3)9-8-14(15)10-13/h6-10,12,17H,4-5,11H2,1-3H3. The van der Waals surface area contributed by atoms with Crippen molar-refractivity contribution in [1.29, 1.82) is 0 Å². The number of esters is 2. The van der Waals surface area contributed by atoms with Crippen LogP contribution in [0, 0.1) is 5.92 Å². The second-order valence-electron chi connectivity index (χ2n) is 5.31. The van der Waals surface area contributed by atoms with Crippen molar-refractivity contribution in [2.45, 2.75) is 20.3 Å². The van der Waals surface area contributed by atoms with Crippen LogP contribution >= 0.6 is 0 Å². The van der Waals surface area contributed by atoms with Crippen molar-refractivity contribution in [3.8, 4) is 5.75 Å². The summed E-state index contributed by atoms with van der Waals surface area (Å²) < 4.78 is 15.2. The number of hydrogen-bond donors (Lipinski definition) is 0. The van der Waals surface area contributed by atoms with Gasteiger partial charge in [-0.3, -0.25) is 9.59 Å². The minimum atomic E-state index is -0.944. The predicted octanol–water partition coefficient (Wildman–Crippen LogP) is 3.13. The SMILES string of the molecule is CCOC(=O)C(Cc1ccc2cc(OC)ccc2c1)C(=O)OCC. The molecule has 0 aliphatic rings. The Kier molecular flexibility index (Phi) is 6.18. The van der Waals surface area contributed by atoms with Gasteiger partial charge in [-0.25, -0.2) is 0 Å². The number of carbonyl (C=O) groups excluding carboxylic acids is 2. The number of fused-ring (bicyclic) bond motifs is 1. The highest BCUT2D eigenvalue weighted by Crippen LogP contribution is 2.23. The van der Waals surface area contributed by atoms with E-state index in [2.05, 4.69) is 0 Å². The number of benzene rings is 2. The molecule has 2 aromatic rings. The Labute approximate surface area is 141 Å². The molecule has 5 heteroatoms. The zero-order valence-corrected chi connectivity index (χ0v) is 14.2. The van der Waals surface area contributed by atoms with Crippen molar-refractivity contribution in [1.82, 2.24) is 0 Å². The molecule has 0 aliphatic carbocycles. The molecule has 2 aromatic carbocycles. The largest absolute Gasteiger partial charge is 0.497 e. The van der Waals surface area contributed by atoms with Crippen LogP contribution in [0.2, 0.25) is 0 Å². The molecule has 0 heterocycles. The predicted molar refractivity (Wildman–Crippen MR) is 91.0 cm³/mol. The van der Waals surface area contributed by atoms with E-state index in [-0.39, 0.29) is 19.6 Å². The molecule has 0 amide bonds. The molecular formula is C19H22O5. The Bertz CT molecular complexity index is 705. The fraction of sp³-hybridized carbons (Fsp3) is 0.368. The zero-order valence-electron chi connectivity index (χ0n) is 14.2. The molecule has 0 bridgehead atoms. The van der Waals surface area contributed by atoms with Crippen LogP contribution in [0.1, 0.15) is 19.4 Å². The fourth-order valence-corrected chi connectivity index (χ4v) is 2.51. The van der Waals surface area contributed by atoms with Gasteiger partial charge >= 0.3 is 11.9 Å². The molecule has 0 spiro atoms. The summed E-state index contributed by atoms with van der Waals surface area (Å²) in [5.74, 6) is -1.26. The van der Waals surface area contributed by atoms with Crippen LogP contribution in [0.5, 0.6) is 5.75 Å². The van der Waals surface area contributed by atoms with Crippen LogP contribution in [0.3, 0.4) is 0 Å². The summed E-state index contributed by atoms with van der Waals surface area (Å²) in [5.41, 5.74) is 0.874. The van der Waals surface area contributed by atoms with Crippen LogP contribution in [0.15, 0.2) is 36.4 Å². The normalized spacial score (nSPS) is 10.7. The molecule has 0 saturated carbocycles. The quantitative estimate of drug-likeness (QED) is 0.576. The van der Waals surface area contributed by atoms with E-state index in [0.717, 1.165) is 22.1 Å². The van der Waals surface area contributed by atoms with Crippen LogP contribution < -0.4 is 4.74 Å². The molecule has 2 rings (SSSR count). The smallest absolute Gasteiger partial charge is 0.320 e. The third-order valence-electron chi connectivity index (χ3n) is 3.69. The minimum absolute atomic E-state index is 0.228. The molecule has 24 heavy (non-hydrogen) atoms. The average molecular weight is 330 g/mol. The summed E-state index contributed by atoms with van der Waals surface area (Å²) in [7, 11) is 1.62. The lowest BCUT2D eigenvalue weighted by Gasteiger charge is -2.15. The van der Waals surface area contributed by atoms with Gasteiger partial charge in [0.2, 0.25) is 0 Å². The first-order valence-corrected chi connectivity index (χ1v) is 7.99. The maximum atomic E-state index is 12.1. The van der Waals surface area contributed by atoms with Gasteiger partial charge in [-0.15, -0.1) is 0 Å². The molecule has 0 radical (unpaired) electrons. The molecule has 0 fully saturated rings. The van der Waals surface area contributed by atoms with Crippen molar-refractivity contribution < 1.29 is 23.8 Å². The maximum absolute atomic E-state index is 12.1. The Morgan fingerprint density at radius 3 is 2.08 bits per heavy atom. The van der Waals surface area contributed by atoms with Gasteiger partial charge in [0.25, 0.3) is 0 Å². The van der Waals surface area contributed by atoms with Gasteiger partial charge in [-0.2, -0.15) is 0 Å². The maximum Gasteiger partial charge on any atom is 0.320 e. The van der Waals surface area contributed by atoms with Crippen molar-refractivity contribution in [2.75, 3.05) is 20.3 Å². The number of methoxy groups -OCH3 is 1. The highest BCUT2D eigenvalue weighted by Gasteiger charge is 2.29. The summed E-state index contributed by atoms with van der Waals surface area (Å²) in [5, 5.41) is 2.04. The highest BCUT2D eigenvalue weighted by molar-refractivity contribution is 5.95. The first-order chi connectivity index (χ1) is 11.6.